The van der Waals surface area contributed by atoms with Crippen LogP contribution in [0.3, 0.4) is 0 Å². The summed E-state index contributed by atoms with van der Waals surface area (Å²) in [5.74, 6) is 4.64. The van der Waals surface area contributed by atoms with Gasteiger partial charge in [0.05, 0.1) is 0 Å². The summed E-state index contributed by atoms with van der Waals surface area (Å²) in [6, 6.07) is 42.7. The first-order valence-corrected chi connectivity index (χ1v) is 33.6. The Bertz CT molecular complexity index is 2270. The molecule has 10 heteroatoms. The third-order valence-corrected chi connectivity index (χ3v) is 18.8. The molecule has 0 saturated carbocycles. The van der Waals surface area contributed by atoms with E-state index in [1.54, 1.807) is 0 Å². The molecule has 470 valence electrons. The molecule has 0 nitrogen and oxygen atoms in total. The largest absolute Gasteiger partial charge is 0.269 e. The molecule has 0 bridgehead atoms. The molecule has 0 heterocycles. The second-order valence-corrected chi connectivity index (χ2v) is 26.1. The van der Waals surface area contributed by atoms with E-state index in [-0.39, 0.29) is 23.5 Å². The molecule has 0 amide bonds. The van der Waals surface area contributed by atoms with Crippen LogP contribution in [-0.4, -0.2) is 0 Å². The van der Waals surface area contributed by atoms with Crippen LogP contribution in [0.5, 0.6) is 0 Å². The number of benzene rings is 5. The van der Waals surface area contributed by atoms with Crippen LogP contribution in [0.1, 0.15) is 223 Å². The van der Waals surface area contributed by atoms with Gasteiger partial charge in [0, 0.05) is 24.5 Å². The third-order valence-electron chi connectivity index (χ3n) is 17.3. The number of thiol groups is 5. The Morgan fingerprint density at radius 2 is 0.388 bits per heavy atom. The van der Waals surface area contributed by atoms with Gasteiger partial charge < -0.3 is 0 Å². The van der Waals surface area contributed by atoms with Gasteiger partial charge in [-0.15, -0.1) is 63.1 Å². The van der Waals surface area contributed by atoms with Crippen molar-refractivity contribution in [1.29, 1.82) is 0 Å². The van der Waals surface area contributed by atoms with Crippen LogP contribution in [0.2, 0.25) is 0 Å². The van der Waals surface area contributed by atoms with Gasteiger partial charge in [0.25, 0.3) is 0 Å². The molecule has 0 fully saturated rings. The molecule has 85 heavy (non-hydrogen) atoms. The van der Waals surface area contributed by atoms with E-state index in [2.05, 4.69) is 249 Å². The van der Waals surface area contributed by atoms with Gasteiger partial charge in [0.2, 0.25) is 0 Å². The molecule has 0 aliphatic heterocycles. The van der Waals surface area contributed by atoms with Gasteiger partial charge in [0.1, 0.15) is 0 Å². The number of halogens is 5. The highest BCUT2D eigenvalue weighted by Gasteiger charge is 2.19. The van der Waals surface area contributed by atoms with Crippen molar-refractivity contribution in [1.82, 2.24) is 0 Å². The third kappa shape index (κ3) is 28.5. The standard InChI is InChI=1S/5C15H20S.5FH/c5*1-2-3-12-4-6-13(7-5-12)14-8-10-15(16)11-9-14;;;;;/h5*6,8-12,16H,2-5,7H2,1H3;5*1H. The molecule has 0 N–H and O–H groups in total. The van der Waals surface area contributed by atoms with Gasteiger partial charge in [-0.2, -0.15) is 0 Å². The lowest BCUT2D eigenvalue weighted by Gasteiger charge is -2.21. The van der Waals surface area contributed by atoms with Gasteiger partial charge in [-0.1, -0.05) is 190 Å². The molecular weight excluding hydrogens is 1160 g/mol. The fraction of sp³-hybridized carbons (Fsp3) is 0.467. The van der Waals surface area contributed by atoms with Gasteiger partial charge in [0.15, 0.2) is 0 Å². The van der Waals surface area contributed by atoms with Gasteiger partial charge >= 0.3 is 0 Å². The molecule has 10 rings (SSSR count). The summed E-state index contributed by atoms with van der Waals surface area (Å²) in [5.41, 5.74) is 14.6. The minimum absolute atomic E-state index is 0. The van der Waals surface area contributed by atoms with Crippen LogP contribution in [0.25, 0.3) is 27.9 Å². The Hall–Kier alpha value is -3.80. The number of hydrogen-bond acceptors (Lipinski definition) is 5. The smallest absolute Gasteiger partial charge is 0.00403 e. The van der Waals surface area contributed by atoms with Crippen molar-refractivity contribution < 1.29 is 23.5 Å². The quantitative estimate of drug-likeness (QED) is 0.0501. The zero-order valence-electron chi connectivity index (χ0n) is 51.8. The van der Waals surface area contributed by atoms with E-state index in [0.29, 0.717) is 0 Å². The Morgan fingerprint density at radius 3 is 0.494 bits per heavy atom. The minimum atomic E-state index is 0. The van der Waals surface area contributed by atoms with Crippen LogP contribution < -0.4 is 0 Å². The summed E-state index contributed by atoms with van der Waals surface area (Å²) in [6.07, 6.45) is 45.2. The van der Waals surface area contributed by atoms with Crippen molar-refractivity contribution in [3.8, 4) is 0 Å². The van der Waals surface area contributed by atoms with Crippen molar-refractivity contribution in [2.24, 2.45) is 29.6 Å². The van der Waals surface area contributed by atoms with Crippen LogP contribution in [0.4, 0.5) is 23.5 Å². The fourth-order valence-electron chi connectivity index (χ4n) is 12.5. The molecule has 0 radical (unpaired) electrons. The maximum Gasteiger partial charge on any atom is 0.00403 e. The van der Waals surface area contributed by atoms with Crippen LogP contribution in [-0.2, 0) is 0 Å². The summed E-state index contributed by atoms with van der Waals surface area (Å²) in [5, 5.41) is 0. The Morgan fingerprint density at radius 1 is 0.247 bits per heavy atom. The second-order valence-electron chi connectivity index (χ2n) is 23.5. The zero-order chi connectivity index (χ0) is 56.9. The first kappa shape index (κ1) is 79.2. The minimum Gasteiger partial charge on any atom is -0.269 e. The Balaban J connectivity index is 0.000000524. The highest BCUT2D eigenvalue weighted by Crippen LogP contribution is 2.37. The average Bonchev–Trinajstić information content (AvgIpc) is 3.51. The molecule has 0 aromatic heterocycles. The van der Waals surface area contributed by atoms with E-state index in [1.165, 1.54) is 216 Å². The van der Waals surface area contributed by atoms with Crippen LogP contribution in [0, 0.1) is 29.6 Å². The van der Waals surface area contributed by atoms with E-state index in [0.717, 1.165) is 54.1 Å². The summed E-state index contributed by atoms with van der Waals surface area (Å²) < 4.78 is 0. The lowest BCUT2D eigenvalue weighted by molar-refractivity contribution is 0.445. The van der Waals surface area contributed by atoms with Crippen LogP contribution >= 0.6 is 63.1 Å². The predicted octanol–water partition coefficient (Wildman–Crippen LogP) is 25.6. The first-order valence-electron chi connectivity index (χ1n) is 31.4. The second kappa shape index (κ2) is 44.6. The monoisotopic (exact) mass is 1260 g/mol. The van der Waals surface area contributed by atoms with Gasteiger partial charge in [-0.3, -0.25) is 23.5 Å². The molecule has 0 saturated heterocycles. The Kier molecular flexibility index (Phi) is 41.6. The molecular formula is C75H105F5S5. The summed E-state index contributed by atoms with van der Waals surface area (Å²) in [7, 11) is 0. The maximum atomic E-state index is 4.32. The number of hydrogen-bond donors (Lipinski definition) is 5. The van der Waals surface area contributed by atoms with Gasteiger partial charge in [-0.25, -0.2) is 0 Å². The van der Waals surface area contributed by atoms with Crippen LogP contribution in [0.15, 0.2) is 176 Å². The lowest BCUT2D eigenvalue weighted by atomic mass is 9.84. The normalized spacial score (nSPS) is 19.4. The van der Waals surface area contributed by atoms with Gasteiger partial charge in [-0.05, 0) is 242 Å². The summed E-state index contributed by atoms with van der Waals surface area (Å²) in [6.45, 7) is 11.4. The topological polar surface area (TPSA) is 0 Å². The molecule has 5 unspecified atom stereocenters. The Labute approximate surface area is 539 Å². The molecule has 5 aliphatic rings. The average molecular weight is 1260 g/mol. The van der Waals surface area contributed by atoms with Crippen molar-refractivity contribution in [3.05, 3.63) is 180 Å². The molecule has 0 spiro atoms. The summed E-state index contributed by atoms with van der Waals surface area (Å²) in [4.78, 5) is 5.23. The molecule has 5 aromatic carbocycles. The van der Waals surface area contributed by atoms with E-state index in [1.807, 2.05) is 0 Å². The molecule has 5 aliphatic carbocycles. The maximum absolute atomic E-state index is 4.32. The number of allylic oxidation sites excluding steroid dienone is 10. The molecule has 5 aromatic rings. The van der Waals surface area contributed by atoms with E-state index in [9.17, 15) is 0 Å². The zero-order valence-corrected chi connectivity index (χ0v) is 56.2. The van der Waals surface area contributed by atoms with Crippen molar-refractivity contribution >= 4 is 91.0 Å². The lowest BCUT2D eigenvalue weighted by Crippen LogP contribution is -2.04. The van der Waals surface area contributed by atoms with E-state index < -0.39 is 0 Å². The van der Waals surface area contributed by atoms with Crippen molar-refractivity contribution in [2.75, 3.05) is 0 Å². The van der Waals surface area contributed by atoms with Crippen molar-refractivity contribution in [3.63, 3.8) is 0 Å². The SMILES string of the molecule is CCCC1CC=C(c2ccc(S)cc2)CC1.CCCC1CC=C(c2ccc(S)cc2)CC1.CCCC1CC=C(c2ccc(S)cc2)CC1.CCCC1CC=C(c2ccc(S)cc2)CC1.CCCC1CC=C(c2ccc(S)cc2)CC1.F.F.F.F.F. The molecule has 5 atom stereocenters. The predicted molar refractivity (Wildman–Crippen MR) is 382 cm³/mol. The van der Waals surface area contributed by atoms with Crippen molar-refractivity contribution in [2.45, 2.75) is 220 Å². The fourth-order valence-corrected chi connectivity index (χ4v) is 13.2. The van der Waals surface area contributed by atoms with E-state index >= 15 is 0 Å². The summed E-state index contributed by atoms with van der Waals surface area (Å²) >= 11 is 21.6. The van der Waals surface area contributed by atoms with E-state index in [4.69, 9.17) is 0 Å². The first-order chi connectivity index (χ1) is 39.0. The highest BCUT2D eigenvalue weighted by molar-refractivity contribution is 7.81. The highest BCUT2D eigenvalue weighted by atomic mass is 32.1. The number of rotatable bonds is 15.